The van der Waals surface area contributed by atoms with Crippen LogP contribution in [0.2, 0.25) is 0 Å². The molecule has 0 aliphatic rings. The maximum absolute atomic E-state index is 11.9. The van der Waals surface area contributed by atoms with Gasteiger partial charge in [0.05, 0.1) is 4.47 Å². The van der Waals surface area contributed by atoms with E-state index in [1.165, 1.54) is 0 Å². The van der Waals surface area contributed by atoms with Crippen LogP contribution >= 0.6 is 15.9 Å². The molecule has 2 N–H and O–H groups in total. The van der Waals surface area contributed by atoms with Crippen molar-refractivity contribution in [1.29, 1.82) is 0 Å². The summed E-state index contributed by atoms with van der Waals surface area (Å²) in [6.07, 6.45) is 0.403. The lowest BCUT2D eigenvalue weighted by atomic mass is 10.2. The van der Waals surface area contributed by atoms with Crippen molar-refractivity contribution in [2.75, 3.05) is 13.1 Å². The molecule has 1 aromatic carbocycles. The largest absolute Gasteiger partial charge is 0.479 e. The molecule has 1 amide bonds. The lowest BCUT2D eigenvalue weighted by Crippen LogP contribution is -2.37. The van der Waals surface area contributed by atoms with E-state index < -0.39 is 6.10 Å². The normalized spacial score (nSPS) is 12.0. The third kappa shape index (κ3) is 5.13. The van der Waals surface area contributed by atoms with Crippen molar-refractivity contribution >= 4 is 21.8 Å². The molecule has 0 saturated heterocycles. The second-order valence-corrected chi connectivity index (χ2v) is 5.41. The minimum atomic E-state index is -0.513. The highest BCUT2D eigenvalue weighted by molar-refractivity contribution is 9.10. The summed E-state index contributed by atoms with van der Waals surface area (Å²) in [5, 5.41) is 6.11. The monoisotopic (exact) mass is 342 g/mol. The molecular formula is C15H23BrN2O2. The van der Waals surface area contributed by atoms with E-state index in [-0.39, 0.29) is 5.91 Å². The fraction of sp³-hybridized carbons (Fsp3) is 0.533. The Hall–Kier alpha value is -1.07. The minimum absolute atomic E-state index is 0.0861. The number of ether oxygens (including phenoxy) is 1. The van der Waals surface area contributed by atoms with Crippen molar-refractivity contribution in [2.45, 2.75) is 39.8 Å². The van der Waals surface area contributed by atoms with Gasteiger partial charge in [0.2, 0.25) is 0 Å². The number of para-hydroxylation sites is 1. The Balaban J connectivity index is 2.76. The predicted molar refractivity (Wildman–Crippen MR) is 84.9 cm³/mol. The number of nitrogens with one attached hydrogen (secondary N) is 2. The van der Waals surface area contributed by atoms with Gasteiger partial charge in [-0.25, -0.2) is 0 Å². The van der Waals surface area contributed by atoms with E-state index >= 15 is 0 Å². The van der Waals surface area contributed by atoms with Gasteiger partial charge in [0.1, 0.15) is 5.75 Å². The van der Waals surface area contributed by atoms with Crippen LogP contribution in [0.1, 0.15) is 32.8 Å². The van der Waals surface area contributed by atoms with E-state index in [0.29, 0.717) is 13.1 Å². The van der Waals surface area contributed by atoms with Crippen LogP contribution in [0, 0.1) is 0 Å². The number of carbonyl (C=O) groups excluding carboxylic acids is 1. The summed E-state index contributed by atoms with van der Waals surface area (Å²) in [4.78, 5) is 11.9. The van der Waals surface area contributed by atoms with E-state index in [0.717, 1.165) is 28.8 Å². The molecule has 0 bridgehead atoms. The molecule has 20 heavy (non-hydrogen) atoms. The Kier molecular flexibility index (Phi) is 7.62. The van der Waals surface area contributed by atoms with Gasteiger partial charge in [-0.05, 0) is 41.9 Å². The van der Waals surface area contributed by atoms with Crippen LogP contribution in [0.4, 0.5) is 0 Å². The Bertz CT molecular complexity index is 438. The van der Waals surface area contributed by atoms with Crippen molar-refractivity contribution in [3.8, 4) is 5.75 Å². The second kappa shape index (κ2) is 8.97. The van der Waals surface area contributed by atoms with E-state index in [1.807, 2.05) is 25.1 Å². The smallest absolute Gasteiger partial charge is 0.260 e. The van der Waals surface area contributed by atoms with Gasteiger partial charge in [0.25, 0.3) is 5.91 Å². The number of amides is 1. The van der Waals surface area contributed by atoms with Gasteiger partial charge in [-0.1, -0.05) is 26.0 Å². The van der Waals surface area contributed by atoms with E-state index in [4.69, 9.17) is 4.74 Å². The SMILES string of the molecule is CCCNC(=O)C(C)Oc1c(Br)cccc1CNCC. The summed E-state index contributed by atoms with van der Waals surface area (Å²) < 4.78 is 6.70. The molecule has 1 aromatic rings. The van der Waals surface area contributed by atoms with Crippen LogP contribution in [-0.2, 0) is 11.3 Å². The summed E-state index contributed by atoms with van der Waals surface area (Å²) >= 11 is 3.48. The average Bonchev–Trinajstić information content (AvgIpc) is 2.45. The molecule has 0 aromatic heterocycles. The Labute approximate surface area is 129 Å². The van der Waals surface area contributed by atoms with Crippen molar-refractivity contribution in [3.63, 3.8) is 0 Å². The van der Waals surface area contributed by atoms with Gasteiger partial charge >= 0.3 is 0 Å². The number of halogens is 1. The lowest BCUT2D eigenvalue weighted by molar-refractivity contribution is -0.127. The van der Waals surface area contributed by atoms with Gasteiger partial charge in [-0.3, -0.25) is 4.79 Å². The fourth-order valence-electron chi connectivity index (χ4n) is 1.71. The topological polar surface area (TPSA) is 50.4 Å². The zero-order chi connectivity index (χ0) is 15.0. The Morgan fingerprint density at radius 3 is 2.80 bits per heavy atom. The summed E-state index contributed by atoms with van der Waals surface area (Å²) in [7, 11) is 0. The fourth-order valence-corrected chi connectivity index (χ4v) is 2.21. The number of benzene rings is 1. The molecule has 1 unspecified atom stereocenters. The van der Waals surface area contributed by atoms with Gasteiger partial charge in [-0.2, -0.15) is 0 Å². The van der Waals surface area contributed by atoms with E-state index in [9.17, 15) is 4.79 Å². The molecule has 4 nitrogen and oxygen atoms in total. The molecule has 0 heterocycles. The van der Waals surface area contributed by atoms with Crippen molar-refractivity contribution in [3.05, 3.63) is 28.2 Å². The third-order valence-corrected chi connectivity index (χ3v) is 3.45. The minimum Gasteiger partial charge on any atom is -0.479 e. The second-order valence-electron chi connectivity index (χ2n) is 4.56. The van der Waals surface area contributed by atoms with Gasteiger partial charge < -0.3 is 15.4 Å². The highest BCUT2D eigenvalue weighted by Gasteiger charge is 2.17. The van der Waals surface area contributed by atoms with Crippen LogP contribution < -0.4 is 15.4 Å². The third-order valence-electron chi connectivity index (χ3n) is 2.83. The number of carbonyl (C=O) groups is 1. The van der Waals surface area contributed by atoms with Crippen molar-refractivity contribution < 1.29 is 9.53 Å². The van der Waals surface area contributed by atoms with Crippen LogP contribution in [0.3, 0.4) is 0 Å². The first-order valence-electron chi connectivity index (χ1n) is 7.02. The Morgan fingerprint density at radius 2 is 2.15 bits per heavy atom. The lowest BCUT2D eigenvalue weighted by Gasteiger charge is -2.18. The zero-order valence-electron chi connectivity index (χ0n) is 12.3. The van der Waals surface area contributed by atoms with E-state index in [2.05, 4.69) is 33.5 Å². The maximum Gasteiger partial charge on any atom is 0.260 e. The molecule has 0 radical (unpaired) electrons. The van der Waals surface area contributed by atoms with Crippen LogP contribution in [0.15, 0.2) is 22.7 Å². The standard InChI is InChI=1S/C15H23BrN2O2/c1-4-9-18-15(19)11(3)20-14-12(10-17-5-2)7-6-8-13(14)16/h6-8,11,17H,4-5,9-10H2,1-3H3,(H,18,19). The van der Waals surface area contributed by atoms with Crippen LogP contribution in [0.25, 0.3) is 0 Å². The summed E-state index contributed by atoms with van der Waals surface area (Å²) in [5.41, 5.74) is 1.04. The van der Waals surface area contributed by atoms with Gasteiger partial charge in [-0.15, -0.1) is 0 Å². The van der Waals surface area contributed by atoms with Crippen LogP contribution in [0.5, 0.6) is 5.75 Å². The molecular weight excluding hydrogens is 320 g/mol. The predicted octanol–water partition coefficient (Wildman–Crippen LogP) is 2.85. The molecule has 112 valence electrons. The highest BCUT2D eigenvalue weighted by Crippen LogP contribution is 2.30. The first-order valence-corrected chi connectivity index (χ1v) is 7.81. The summed E-state index contributed by atoms with van der Waals surface area (Å²) in [6.45, 7) is 8.12. The zero-order valence-corrected chi connectivity index (χ0v) is 13.9. The number of hydrogen-bond acceptors (Lipinski definition) is 3. The first kappa shape index (κ1) is 17.0. The van der Waals surface area contributed by atoms with Crippen molar-refractivity contribution in [2.24, 2.45) is 0 Å². The molecule has 0 aliphatic heterocycles. The first-order chi connectivity index (χ1) is 9.60. The molecule has 0 spiro atoms. The molecule has 0 aliphatic carbocycles. The van der Waals surface area contributed by atoms with E-state index in [1.54, 1.807) is 6.92 Å². The molecule has 5 heteroatoms. The molecule has 0 fully saturated rings. The molecule has 1 atom stereocenters. The quantitative estimate of drug-likeness (QED) is 0.763. The molecule has 0 saturated carbocycles. The van der Waals surface area contributed by atoms with Crippen molar-refractivity contribution in [1.82, 2.24) is 10.6 Å². The Morgan fingerprint density at radius 1 is 1.40 bits per heavy atom. The summed E-state index contributed by atoms with van der Waals surface area (Å²) in [6, 6.07) is 5.88. The number of rotatable bonds is 8. The summed E-state index contributed by atoms with van der Waals surface area (Å²) in [5.74, 6) is 0.643. The highest BCUT2D eigenvalue weighted by atomic mass is 79.9. The average molecular weight is 343 g/mol. The molecule has 1 rings (SSSR count). The van der Waals surface area contributed by atoms with Crippen LogP contribution in [-0.4, -0.2) is 25.1 Å². The van der Waals surface area contributed by atoms with Gasteiger partial charge in [0.15, 0.2) is 6.10 Å². The number of hydrogen-bond donors (Lipinski definition) is 2. The van der Waals surface area contributed by atoms with Gasteiger partial charge in [0, 0.05) is 18.7 Å². The maximum atomic E-state index is 11.9.